The van der Waals surface area contributed by atoms with Gasteiger partial charge in [0.05, 0.1) is 26.4 Å². The molecule has 0 radical (unpaired) electrons. The van der Waals surface area contributed by atoms with Crippen molar-refractivity contribution < 1.29 is 20.4 Å². The number of anilines is 4. The number of nitrogens with zero attached hydrogens (tertiary/aromatic N) is 4. The van der Waals surface area contributed by atoms with Gasteiger partial charge in [0.25, 0.3) is 0 Å². The maximum atomic E-state index is 9.11. The molecule has 292 valence electrons. The van der Waals surface area contributed by atoms with Crippen LogP contribution >= 0.6 is 49.8 Å². The van der Waals surface area contributed by atoms with Gasteiger partial charge in [0.2, 0.25) is 0 Å². The minimum atomic E-state index is 0.125. The molecule has 0 bridgehead atoms. The molecule has 0 aliphatic rings. The van der Waals surface area contributed by atoms with Crippen LogP contribution in [0.4, 0.5) is 22.7 Å². The van der Waals surface area contributed by atoms with Gasteiger partial charge in [-0.15, -0.1) is 37.9 Å². The Kier molecular flexibility index (Phi) is 19.8. The molecule has 0 unspecified atom stereocenters. The Hall–Kier alpha value is -3.24. The van der Waals surface area contributed by atoms with Crippen LogP contribution in [0.15, 0.2) is 97.1 Å². The lowest BCUT2D eigenvalue weighted by atomic mass is 10.1. The molecule has 0 fully saturated rings. The van der Waals surface area contributed by atoms with Crippen molar-refractivity contribution in [2.45, 2.75) is 0 Å². The normalized spacial score (nSPS) is 11.9. The number of thiol groups is 3. The Morgan fingerprint density at radius 1 is 0.444 bits per heavy atom. The number of hydrogen-bond donors (Lipinski definition) is 8. The molecule has 9 nitrogen and oxygen atoms in total. The number of aliphatic hydroxyl groups excluding tert-OH is 4. The van der Waals surface area contributed by atoms with E-state index in [1.54, 1.807) is 0 Å². The standard InChI is InChI=1S/C21H29N3O2S2.C20H26N2O2S2/c1-22-28-21(17-6-10-19(11-7-17)24(3)13-15-26)20(27)16-4-8-18(9-5-16)23(2)12-14-25;1-21(11-13-23)17-7-3-15(4-8-17)19(25)20(26)16-5-9-18(10-6-16)22(2)12-14-24/h4-11,22,25-27H,12-15H2,1-3H3;3-10,23-26H,11-14H2,1-2H3/b21-20-;20-19-. The van der Waals surface area contributed by atoms with E-state index in [4.69, 9.17) is 33.1 Å². The van der Waals surface area contributed by atoms with Crippen molar-refractivity contribution in [1.82, 2.24) is 4.72 Å². The molecule has 0 aliphatic carbocycles. The first kappa shape index (κ1) is 45.2. The third-order valence-corrected chi connectivity index (χ3v) is 11.3. The van der Waals surface area contributed by atoms with Crippen LogP contribution in [-0.4, -0.2) is 108 Å². The zero-order valence-electron chi connectivity index (χ0n) is 31.7. The Morgan fingerprint density at radius 3 is 0.926 bits per heavy atom. The van der Waals surface area contributed by atoms with Crippen LogP contribution in [0.5, 0.6) is 0 Å². The van der Waals surface area contributed by atoms with Gasteiger partial charge in [0.15, 0.2) is 0 Å². The van der Waals surface area contributed by atoms with Gasteiger partial charge in [-0.1, -0.05) is 48.5 Å². The minimum absolute atomic E-state index is 0.125. The molecule has 4 aromatic rings. The number of hydrogen-bond acceptors (Lipinski definition) is 13. The fourth-order valence-corrected chi connectivity index (χ4v) is 7.00. The molecule has 5 N–H and O–H groups in total. The second kappa shape index (κ2) is 23.6. The summed E-state index contributed by atoms with van der Waals surface area (Å²) in [5.41, 5.74) is 8.28. The van der Waals surface area contributed by atoms with E-state index in [-0.39, 0.29) is 26.4 Å². The Morgan fingerprint density at radius 2 is 0.685 bits per heavy atom. The molecule has 4 rings (SSSR count). The van der Waals surface area contributed by atoms with E-state index in [1.807, 2.05) is 128 Å². The molecular formula is C41H55N5O4S4. The fourth-order valence-electron chi connectivity index (χ4n) is 5.36. The highest BCUT2D eigenvalue weighted by Gasteiger charge is 2.12. The highest BCUT2D eigenvalue weighted by atomic mass is 32.2. The first-order valence-electron chi connectivity index (χ1n) is 17.6. The highest BCUT2D eigenvalue weighted by Crippen LogP contribution is 2.37. The molecule has 0 heterocycles. The largest absolute Gasteiger partial charge is 0.395 e. The van der Waals surface area contributed by atoms with Crippen LogP contribution < -0.4 is 24.3 Å². The molecule has 0 saturated carbocycles. The Labute approximate surface area is 342 Å². The molecule has 0 amide bonds. The van der Waals surface area contributed by atoms with Crippen molar-refractivity contribution in [2.75, 3.05) is 107 Å². The summed E-state index contributed by atoms with van der Waals surface area (Å²) in [6.07, 6.45) is 0. The van der Waals surface area contributed by atoms with Crippen LogP contribution in [0.3, 0.4) is 0 Å². The zero-order valence-corrected chi connectivity index (χ0v) is 35.2. The minimum Gasteiger partial charge on any atom is -0.395 e. The van der Waals surface area contributed by atoms with Gasteiger partial charge in [-0.25, -0.2) is 0 Å². The third-order valence-electron chi connectivity index (χ3n) is 8.70. The van der Waals surface area contributed by atoms with E-state index in [1.165, 1.54) is 11.9 Å². The predicted octanol–water partition coefficient (Wildman–Crippen LogP) is 6.40. The third kappa shape index (κ3) is 13.2. The van der Waals surface area contributed by atoms with Crippen molar-refractivity contribution in [3.63, 3.8) is 0 Å². The zero-order chi connectivity index (χ0) is 39.6. The van der Waals surface area contributed by atoms with Crippen molar-refractivity contribution in [2.24, 2.45) is 0 Å². The number of nitrogens with one attached hydrogen (secondary N) is 1. The maximum absolute atomic E-state index is 9.11. The topological polar surface area (TPSA) is 106 Å². The van der Waals surface area contributed by atoms with Gasteiger partial charge in [0.1, 0.15) is 0 Å². The molecule has 0 aliphatic heterocycles. The predicted molar refractivity (Wildman–Crippen MR) is 244 cm³/mol. The summed E-state index contributed by atoms with van der Waals surface area (Å²) in [5.74, 6) is 0. The van der Waals surface area contributed by atoms with E-state index >= 15 is 0 Å². The van der Waals surface area contributed by atoms with Gasteiger partial charge in [0, 0.05) is 96.7 Å². The summed E-state index contributed by atoms with van der Waals surface area (Å²) >= 11 is 15.7. The summed E-state index contributed by atoms with van der Waals surface area (Å²) in [6.45, 7) is 2.89. The van der Waals surface area contributed by atoms with Crippen LogP contribution in [0.1, 0.15) is 22.3 Å². The molecule has 0 atom stereocenters. The van der Waals surface area contributed by atoms with E-state index in [0.29, 0.717) is 26.2 Å². The quantitative estimate of drug-likeness (QED) is 0.0328. The average Bonchev–Trinajstić information content (AvgIpc) is 3.20. The summed E-state index contributed by atoms with van der Waals surface area (Å²) in [7, 11) is 9.70. The molecule has 0 saturated heterocycles. The lowest BCUT2D eigenvalue weighted by molar-refractivity contribution is 0.304. The molecular weight excluding hydrogens is 755 g/mol. The summed E-state index contributed by atoms with van der Waals surface area (Å²) < 4.78 is 3.15. The van der Waals surface area contributed by atoms with Crippen LogP contribution in [0.25, 0.3) is 19.6 Å². The van der Waals surface area contributed by atoms with Crippen molar-refractivity contribution >= 4 is 92.2 Å². The molecule has 4 aromatic carbocycles. The van der Waals surface area contributed by atoms with E-state index in [9.17, 15) is 0 Å². The van der Waals surface area contributed by atoms with Gasteiger partial charge < -0.3 is 40.0 Å². The van der Waals surface area contributed by atoms with Crippen molar-refractivity contribution in [3.8, 4) is 0 Å². The fraction of sp³-hybridized carbons (Fsp3) is 0.317. The lowest BCUT2D eigenvalue weighted by Gasteiger charge is -2.19. The average molecular weight is 810 g/mol. The summed E-state index contributed by atoms with van der Waals surface area (Å²) in [4.78, 5) is 11.6. The van der Waals surface area contributed by atoms with Crippen molar-refractivity contribution in [3.05, 3.63) is 119 Å². The highest BCUT2D eigenvalue weighted by molar-refractivity contribution is 8.08. The van der Waals surface area contributed by atoms with Gasteiger partial charge in [-0.05, 0) is 89.8 Å². The van der Waals surface area contributed by atoms with Crippen LogP contribution in [-0.2, 0) is 0 Å². The monoisotopic (exact) mass is 809 g/mol. The van der Waals surface area contributed by atoms with Crippen LogP contribution in [0.2, 0.25) is 0 Å². The van der Waals surface area contributed by atoms with Gasteiger partial charge >= 0.3 is 0 Å². The van der Waals surface area contributed by atoms with Crippen LogP contribution in [0, 0.1) is 0 Å². The second-order valence-corrected chi connectivity index (χ2v) is 14.8. The Balaban J connectivity index is 0.000000291. The van der Waals surface area contributed by atoms with E-state index < -0.39 is 0 Å². The number of aliphatic hydroxyl groups is 4. The smallest absolute Gasteiger partial charge is 0.0606 e. The summed E-state index contributed by atoms with van der Waals surface area (Å²) in [5, 5.41) is 36.3. The van der Waals surface area contributed by atoms with Gasteiger partial charge in [-0.2, -0.15) is 0 Å². The first-order valence-corrected chi connectivity index (χ1v) is 19.7. The Bertz CT molecular complexity index is 1690. The molecule has 54 heavy (non-hydrogen) atoms. The number of benzene rings is 4. The molecule has 0 aromatic heterocycles. The first-order chi connectivity index (χ1) is 26.0. The van der Waals surface area contributed by atoms with Crippen molar-refractivity contribution in [1.29, 1.82) is 0 Å². The lowest BCUT2D eigenvalue weighted by Crippen LogP contribution is -2.20. The molecule has 13 heteroatoms. The number of likely N-dealkylation sites (N-methyl/N-ethyl adjacent to an activating group) is 4. The summed E-state index contributed by atoms with van der Waals surface area (Å²) in [6, 6.07) is 32.5. The second-order valence-electron chi connectivity index (χ2n) is 12.4. The molecule has 0 spiro atoms. The maximum Gasteiger partial charge on any atom is 0.0606 e. The van der Waals surface area contributed by atoms with E-state index in [0.717, 1.165) is 64.6 Å². The number of rotatable bonds is 18. The van der Waals surface area contributed by atoms with E-state index in [2.05, 4.69) is 54.2 Å². The van der Waals surface area contributed by atoms with Gasteiger partial charge in [-0.3, -0.25) is 4.72 Å². The SMILES string of the molecule is CN(CCO)c1ccc(/C(S)=C(/S)c2ccc(N(C)CCO)cc2)cc1.CNS/C(=C(\S)c1ccc(N(C)CCO)cc1)c1ccc(N(C)CCO)cc1.